The van der Waals surface area contributed by atoms with E-state index in [0.29, 0.717) is 0 Å². The van der Waals surface area contributed by atoms with Gasteiger partial charge >= 0.3 is 0 Å². The topological polar surface area (TPSA) is 86.8 Å². The molecule has 42 heavy (non-hydrogen) atoms. The van der Waals surface area contributed by atoms with Crippen molar-refractivity contribution in [1.29, 1.82) is 0 Å². The molecule has 0 fully saturated rings. The molecule has 0 heterocycles. The van der Waals surface area contributed by atoms with Crippen LogP contribution in [0.2, 0.25) is 10.0 Å². The molecule has 218 valence electrons. The lowest BCUT2D eigenvalue weighted by Gasteiger charge is -2.33. The summed E-state index contributed by atoms with van der Waals surface area (Å²) < 4.78 is 29.1. The van der Waals surface area contributed by atoms with Crippen LogP contribution in [0.3, 0.4) is 0 Å². The van der Waals surface area contributed by atoms with Gasteiger partial charge in [-0.05, 0) is 48.4 Å². The average Bonchev–Trinajstić information content (AvgIpc) is 2.99. The van der Waals surface area contributed by atoms with Gasteiger partial charge in [0.15, 0.2) is 0 Å². The molecule has 0 bridgehead atoms. The fourth-order valence-corrected chi connectivity index (χ4v) is 6.39. The van der Waals surface area contributed by atoms with E-state index in [1.807, 2.05) is 67.6 Å². The van der Waals surface area contributed by atoms with Crippen LogP contribution in [0, 0.1) is 6.92 Å². The third-order valence-corrected chi connectivity index (χ3v) is 9.11. The minimum Gasteiger partial charge on any atom is -0.357 e. The number of amides is 2. The highest BCUT2D eigenvalue weighted by Gasteiger charge is 2.35. The number of benzene rings is 4. The van der Waals surface area contributed by atoms with Crippen LogP contribution in [0.4, 0.5) is 5.69 Å². The van der Waals surface area contributed by atoms with Gasteiger partial charge in [-0.25, -0.2) is 8.42 Å². The molecule has 4 aromatic rings. The van der Waals surface area contributed by atoms with Gasteiger partial charge in [0.25, 0.3) is 10.0 Å². The van der Waals surface area contributed by atoms with Crippen molar-refractivity contribution in [2.24, 2.45) is 0 Å². The Balaban J connectivity index is 1.81. The number of carbonyl (C=O) groups excluding carboxylic acids is 2. The molecule has 0 radical (unpaired) electrons. The summed E-state index contributed by atoms with van der Waals surface area (Å²) in [5, 5.41) is 3.02. The quantitative estimate of drug-likeness (QED) is 0.226. The Labute approximate surface area is 256 Å². The van der Waals surface area contributed by atoms with Crippen LogP contribution in [0.1, 0.15) is 16.7 Å². The van der Waals surface area contributed by atoms with Gasteiger partial charge in [0.2, 0.25) is 11.8 Å². The zero-order chi connectivity index (χ0) is 30.3. The molecule has 4 aromatic carbocycles. The minimum absolute atomic E-state index is 0.0151. The Bertz CT molecular complexity index is 1630. The molecule has 0 spiro atoms. The molecular formula is C32H31Cl2N3O4S. The van der Waals surface area contributed by atoms with Crippen molar-refractivity contribution >= 4 is 50.7 Å². The number of nitrogens with zero attached hydrogens (tertiary/aromatic N) is 2. The van der Waals surface area contributed by atoms with E-state index in [2.05, 4.69) is 5.32 Å². The van der Waals surface area contributed by atoms with Gasteiger partial charge in [0.05, 0.1) is 15.6 Å². The second kappa shape index (κ2) is 13.9. The van der Waals surface area contributed by atoms with Gasteiger partial charge in [-0.3, -0.25) is 13.9 Å². The van der Waals surface area contributed by atoms with E-state index in [1.165, 1.54) is 42.3 Å². The number of anilines is 1. The molecule has 0 saturated carbocycles. The van der Waals surface area contributed by atoms with E-state index in [4.69, 9.17) is 23.2 Å². The third kappa shape index (κ3) is 7.50. The Morgan fingerprint density at radius 2 is 1.43 bits per heavy atom. The summed E-state index contributed by atoms with van der Waals surface area (Å²) in [6, 6.07) is 28.4. The molecule has 0 aliphatic heterocycles. The number of likely N-dealkylation sites (N-methyl/N-ethyl adjacent to an activating group) is 1. The Kier molecular flexibility index (Phi) is 10.3. The number of hydrogen-bond acceptors (Lipinski definition) is 4. The summed E-state index contributed by atoms with van der Waals surface area (Å²) in [6.07, 6.45) is 0.224. The van der Waals surface area contributed by atoms with Crippen LogP contribution in [-0.4, -0.2) is 44.8 Å². The molecule has 1 atom stereocenters. The molecule has 1 N–H and O–H groups in total. The zero-order valence-electron chi connectivity index (χ0n) is 23.2. The highest BCUT2D eigenvalue weighted by atomic mass is 35.5. The lowest BCUT2D eigenvalue weighted by Crippen LogP contribution is -2.53. The van der Waals surface area contributed by atoms with E-state index in [0.717, 1.165) is 21.0 Å². The molecule has 4 rings (SSSR count). The minimum atomic E-state index is -4.28. The monoisotopic (exact) mass is 623 g/mol. The highest BCUT2D eigenvalue weighted by Crippen LogP contribution is 2.33. The van der Waals surface area contributed by atoms with Crippen LogP contribution in [-0.2, 0) is 32.6 Å². The average molecular weight is 625 g/mol. The maximum atomic E-state index is 14.3. The van der Waals surface area contributed by atoms with E-state index in [9.17, 15) is 18.0 Å². The first-order valence-corrected chi connectivity index (χ1v) is 15.4. The maximum Gasteiger partial charge on any atom is 0.264 e. The summed E-state index contributed by atoms with van der Waals surface area (Å²) >= 11 is 12.7. The number of sulfonamides is 1. The predicted molar refractivity (Wildman–Crippen MR) is 167 cm³/mol. The molecule has 10 heteroatoms. The maximum absolute atomic E-state index is 14.3. The van der Waals surface area contributed by atoms with Crippen molar-refractivity contribution < 1.29 is 18.0 Å². The lowest BCUT2D eigenvalue weighted by atomic mass is 10.0. The van der Waals surface area contributed by atoms with Crippen molar-refractivity contribution in [3.63, 3.8) is 0 Å². The number of halogens is 2. The van der Waals surface area contributed by atoms with Crippen LogP contribution >= 0.6 is 23.2 Å². The van der Waals surface area contributed by atoms with E-state index >= 15 is 0 Å². The number of rotatable bonds is 11. The fourth-order valence-electron chi connectivity index (χ4n) is 4.53. The van der Waals surface area contributed by atoms with Gasteiger partial charge in [-0.2, -0.15) is 0 Å². The second-order valence-corrected chi connectivity index (χ2v) is 12.5. The van der Waals surface area contributed by atoms with Gasteiger partial charge in [-0.15, -0.1) is 0 Å². The Morgan fingerprint density at radius 3 is 2.02 bits per heavy atom. The Hall–Kier alpha value is -3.85. The standard InChI is InChI=1S/C32H31Cl2N3O4S/c1-23-13-16-27(17-14-23)42(40,41)37(29-20-26(33)15-18-28(29)34)22-31(38)36(21-25-11-7-4-8-12-25)30(32(39)35-2)19-24-9-5-3-6-10-24/h3-18,20,30H,19,21-22H2,1-2H3,(H,35,39). The number of aryl methyl sites for hydroxylation is 1. The first kappa shape index (κ1) is 31.1. The summed E-state index contributed by atoms with van der Waals surface area (Å²) in [7, 11) is -2.77. The van der Waals surface area contributed by atoms with Crippen LogP contribution in [0.25, 0.3) is 0 Å². The molecule has 2 amide bonds. The predicted octanol–water partition coefficient (Wildman–Crippen LogP) is 5.88. The summed E-state index contributed by atoms with van der Waals surface area (Å²) in [4.78, 5) is 29.0. The van der Waals surface area contributed by atoms with Crippen molar-refractivity contribution in [3.05, 3.63) is 130 Å². The lowest BCUT2D eigenvalue weighted by molar-refractivity contribution is -0.139. The third-order valence-electron chi connectivity index (χ3n) is 6.78. The second-order valence-electron chi connectivity index (χ2n) is 9.75. The fraction of sp³-hybridized carbons (Fsp3) is 0.188. The van der Waals surface area contributed by atoms with E-state index in [1.54, 1.807) is 12.1 Å². The molecule has 1 unspecified atom stereocenters. The zero-order valence-corrected chi connectivity index (χ0v) is 25.5. The Morgan fingerprint density at radius 1 is 0.833 bits per heavy atom. The van der Waals surface area contributed by atoms with Crippen molar-refractivity contribution in [1.82, 2.24) is 10.2 Å². The van der Waals surface area contributed by atoms with Crippen molar-refractivity contribution in [2.75, 3.05) is 17.9 Å². The molecule has 7 nitrogen and oxygen atoms in total. The van der Waals surface area contributed by atoms with Crippen LogP contribution in [0.5, 0.6) is 0 Å². The normalized spacial score (nSPS) is 11.9. The van der Waals surface area contributed by atoms with Crippen LogP contribution in [0.15, 0.2) is 108 Å². The van der Waals surface area contributed by atoms with Gasteiger partial charge in [0.1, 0.15) is 12.6 Å². The first-order chi connectivity index (χ1) is 20.1. The number of hydrogen-bond donors (Lipinski definition) is 1. The van der Waals surface area contributed by atoms with E-state index in [-0.39, 0.29) is 39.5 Å². The molecular weight excluding hydrogens is 593 g/mol. The summed E-state index contributed by atoms with van der Waals surface area (Å²) in [6.45, 7) is 1.30. The number of carbonyl (C=O) groups is 2. The molecule has 0 aromatic heterocycles. The SMILES string of the molecule is CNC(=O)C(Cc1ccccc1)N(Cc1ccccc1)C(=O)CN(c1cc(Cl)ccc1Cl)S(=O)(=O)c1ccc(C)cc1. The largest absolute Gasteiger partial charge is 0.357 e. The molecule has 0 aliphatic rings. The highest BCUT2D eigenvalue weighted by molar-refractivity contribution is 7.92. The van der Waals surface area contributed by atoms with Gasteiger partial charge in [0, 0.05) is 25.0 Å². The molecule has 0 saturated heterocycles. The smallest absolute Gasteiger partial charge is 0.264 e. The van der Waals surface area contributed by atoms with Gasteiger partial charge in [-0.1, -0.05) is 102 Å². The van der Waals surface area contributed by atoms with Crippen molar-refractivity contribution in [2.45, 2.75) is 30.8 Å². The summed E-state index contributed by atoms with van der Waals surface area (Å²) in [5.74, 6) is -0.966. The van der Waals surface area contributed by atoms with Crippen LogP contribution < -0.4 is 9.62 Å². The number of nitrogens with one attached hydrogen (secondary N) is 1. The summed E-state index contributed by atoms with van der Waals surface area (Å²) in [5.41, 5.74) is 2.55. The molecule has 0 aliphatic carbocycles. The van der Waals surface area contributed by atoms with Crippen molar-refractivity contribution in [3.8, 4) is 0 Å². The van der Waals surface area contributed by atoms with Gasteiger partial charge < -0.3 is 10.2 Å². The van der Waals surface area contributed by atoms with E-state index < -0.39 is 28.5 Å². The first-order valence-electron chi connectivity index (χ1n) is 13.2.